The van der Waals surface area contributed by atoms with Crippen molar-refractivity contribution in [2.75, 3.05) is 5.32 Å². The molecule has 0 spiro atoms. The number of nitrogens with one attached hydrogen (secondary N) is 3. The minimum Gasteiger partial charge on any atom is -0.339 e. The van der Waals surface area contributed by atoms with Gasteiger partial charge in [0.2, 0.25) is 9.70 Å². The van der Waals surface area contributed by atoms with E-state index in [4.69, 9.17) is 47.0 Å². The average molecular weight is 419 g/mol. The Hall–Kier alpha value is -1.27. The Labute approximate surface area is 167 Å². The summed E-state index contributed by atoms with van der Waals surface area (Å²) in [5, 5.41) is 10.9. The van der Waals surface area contributed by atoms with Gasteiger partial charge in [-0.1, -0.05) is 85.0 Å². The molecule has 0 saturated carbocycles. The number of hydrogen-bond donors (Lipinski definition) is 3. The molecule has 8 heteroatoms. The number of hydrogen-bond acceptors (Lipinski definition) is 2. The highest BCUT2D eigenvalue weighted by Gasteiger charge is 2.35. The predicted octanol–water partition coefficient (Wildman–Crippen LogP) is 4.59. The fourth-order valence-corrected chi connectivity index (χ4v) is 2.69. The van der Waals surface area contributed by atoms with Crippen LogP contribution in [0.1, 0.15) is 13.8 Å². The van der Waals surface area contributed by atoms with Crippen LogP contribution < -0.4 is 16.0 Å². The Bertz CT molecular complexity index is 772. The third-order valence-corrected chi connectivity index (χ3v) is 4.33. The lowest BCUT2D eigenvalue weighted by molar-refractivity contribution is -0.124. The van der Waals surface area contributed by atoms with Gasteiger partial charge in [0, 0.05) is 17.0 Å². The first-order valence-corrected chi connectivity index (χ1v) is 9.15. The van der Waals surface area contributed by atoms with Crippen LogP contribution in [0.3, 0.4) is 0 Å². The Kier molecular flexibility index (Phi) is 6.74. The van der Waals surface area contributed by atoms with Crippen LogP contribution in [0, 0.1) is 5.92 Å². The molecule has 2 aromatic rings. The number of rotatable bonds is 4. The van der Waals surface area contributed by atoms with Gasteiger partial charge in [-0.05, 0) is 23.7 Å². The average Bonchev–Trinajstić information content (AvgIpc) is 2.53. The largest absolute Gasteiger partial charge is 0.339 e. The Balaban J connectivity index is 2.14. The second kappa shape index (κ2) is 8.41. The molecular weight excluding hydrogens is 401 g/mol. The number of anilines is 1. The number of amides is 1. The van der Waals surface area contributed by atoms with E-state index >= 15 is 0 Å². The summed E-state index contributed by atoms with van der Waals surface area (Å²) in [7, 11) is 0. The van der Waals surface area contributed by atoms with Crippen molar-refractivity contribution in [2.45, 2.75) is 23.8 Å². The van der Waals surface area contributed by atoms with E-state index in [2.05, 4.69) is 16.0 Å². The van der Waals surface area contributed by atoms with Gasteiger partial charge >= 0.3 is 0 Å². The Morgan fingerprint density at radius 1 is 1.04 bits per heavy atom. The van der Waals surface area contributed by atoms with Crippen LogP contribution in [0.4, 0.5) is 5.69 Å². The first-order chi connectivity index (χ1) is 11.7. The van der Waals surface area contributed by atoms with Crippen LogP contribution in [0.2, 0.25) is 0 Å². The lowest BCUT2D eigenvalue weighted by atomic mass is 10.1. The van der Waals surface area contributed by atoms with E-state index < -0.39 is 9.96 Å². The molecule has 0 aliphatic carbocycles. The number of carbonyl (C=O) groups excluding carboxylic acids is 1. The SMILES string of the molecule is CC(C)C(=O)N[C@H](NC(=S)Nc1cccc2ccccc12)C(Cl)(Cl)Cl. The maximum atomic E-state index is 11.9. The van der Waals surface area contributed by atoms with Crippen molar-refractivity contribution in [3.8, 4) is 0 Å². The van der Waals surface area contributed by atoms with Gasteiger partial charge in [0.25, 0.3) is 0 Å². The molecule has 25 heavy (non-hydrogen) atoms. The van der Waals surface area contributed by atoms with Crippen molar-refractivity contribution in [1.82, 2.24) is 10.6 Å². The molecule has 0 heterocycles. The summed E-state index contributed by atoms with van der Waals surface area (Å²) in [6.45, 7) is 3.49. The van der Waals surface area contributed by atoms with Gasteiger partial charge in [-0.15, -0.1) is 0 Å². The van der Waals surface area contributed by atoms with E-state index in [-0.39, 0.29) is 16.9 Å². The monoisotopic (exact) mass is 417 g/mol. The lowest BCUT2D eigenvalue weighted by Crippen LogP contribution is -2.56. The maximum Gasteiger partial charge on any atom is 0.228 e. The highest BCUT2D eigenvalue weighted by atomic mass is 35.6. The molecule has 0 saturated heterocycles. The smallest absolute Gasteiger partial charge is 0.228 e. The molecule has 0 aliphatic heterocycles. The predicted molar refractivity (Wildman–Crippen MR) is 110 cm³/mol. The zero-order chi connectivity index (χ0) is 18.6. The lowest BCUT2D eigenvalue weighted by Gasteiger charge is -2.28. The first kappa shape index (κ1) is 20.0. The molecule has 0 aliphatic rings. The first-order valence-electron chi connectivity index (χ1n) is 7.61. The summed E-state index contributed by atoms with van der Waals surface area (Å²) in [4.78, 5) is 11.9. The van der Waals surface area contributed by atoms with Gasteiger partial charge in [-0.3, -0.25) is 4.79 Å². The number of benzene rings is 2. The molecule has 1 atom stereocenters. The van der Waals surface area contributed by atoms with E-state index in [1.807, 2.05) is 42.5 Å². The molecule has 0 bridgehead atoms. The number of alkyl halides is 3. The van der Waals surface area contributed by atoms with Gasteiger partial charge in [0.1, 0.15) is 6.17 Å². The van der Waals surface area contributed by atoms with Crippen LogP contribution in [0.15, 0.2) is 42.5 Å². The molecule has 2 aromatic carbocycles. The van der Waals surface area contributed by atoms with Crippen molar-refractivity contribution in [1.29, 1.82) is 0 Å². The highest BCUT2D eigenvalue weighted by Crippen LogP contribution is 2.29. The third-order valence-electron chi connectivity index (χ3n) is 3.45. The van der Waals surface area contributed by atoms with Crippen molar-refractivity contribution in [3.05, 3.63) is 42.5 Å². The fraction of sp³-hybridized carbons (Fsp3) is 0.294. The molecule has 0 unspecified atom stereocenters. The van der Waals surface area contributed by atoms with Gasteiger partial charge in [-0.25, -0.2) is 0 Å². The quantitative estimate of drug-likeness (QED) is 0.386. The van der Waals surface area contributed by atoms with E-state index in [0.29, 0.717) is 0 Å². The van der Waals surface area contributed by atoms with Crippen LogP contribution in [-0.2, 0) is 4.79 Å². The number of halogens is 3. The zero-order valence-electron chi connectivity index (χ0n) is 13.6. The Morgan fingerprint density at radius 3 is 2.32 bits per heavy atom. The zero-order valence-corrected chi connectivity index (χ0v) is 16.7. The van der Waals surface area contributed by atoms with Crippen LogP contribution in [0.5, 0.6) is 0 Å². The summed E-state index contributed by atoms with van der Waals surface area (Å²) < 4.78 is -1.77. The molecule has 4 nitrogen and oxygen atoms in total. The van der Waals surface area contributed by atoms with Gasteiger partial charge in [0.15, 0.2) is 5.11 Å². The second-order valence-electron chi connectivity index (χ2n) is 5.76. The molecule has 0 radical (unpaired) electrons. The van der Waals surface area contributed by atoms with Crippen molar-refractivity contribution >= 4 is 74.5 Å². The van der Waals surface area contributed by atoms with E-state index in [1.165, 1.54) is 0 Å². The second-order valence-corrected chi connectivity index (χ2v) is 8.54. The van der Waals surface area contributed by atoms with E-state index in [1.54, 1.807) is 13.8 Å². The summed E-state index contributed by atoms with van der Waals surface area (Å²) in [5.74, 6) is -0.506. The molecule has 0 fully saturated rings. The van der Waals surface area contributed by atoms with Gasteiger partial charge in [0.05, 0.1) is 0 Å². The number of thiocarbonyl (C=S) groups is 1. The minimum absolute atomic E-state index is 0.233. The molecule has 0 aromatic heterocycles. The molecule has 1 amide bonds. The summed E-state index contributed by atoms with van der Waals surface area (Å²) >= 11 is 23.2. The minimum atomic E-state index is -1.77. The Morgan fingerprint density at radius 2 is 1.68 bits per heavy atom. The summed E-state index contributed by atoms with van der Waals surface area (Å²) in [6, 6.07) is 13.7. The van der Waals surface area contributed by atoms with Gasteiger partial charge < -0.3 is 16.0 Å². The topological polar surface area (TPSA) is 53.2 Å². The molecule has 134 valence electrons. The maximum absolute atomic E-state index is 11.9. The number of carbonyl (C=O) groups is 1. The fourth-order valence-electron chi connectivity index (χ4n) is 2.13. The van der Waals surface area contributed by atoms with Crippen molar-refractivity contribution in [2.24, 2.45) is 5.92 Å². The van der Waals surface area contributed by atoms with Crippen LogP contribution in [-0.4, -0.2) is 21.0 Å². The summed E-state index contributed by atoms with van der Waals surface area (Å²) in [5.41, 5.74) is 0.814. The van der Waals surface area contributed by atoms with Crippen LogP contribution in [0.25, 0.3) is 10.8 Å². The molecule has 2 rings (SSSR count). The van der Waals surface area contributed by atoms with Crippen molar-refractivity contribution < 1.29 is 4.79 Å². The summed E-state index contributed by atoms with van der Waals surface area (Å²) in [6.07, 6.45) is -0.970. The van der Waals surface area contributed by atoms with E-state index in [9.17, 15) is 4.79 Å². The van der Waals surface area contributed by atoms with E-state index in [0.717, 1.165) is 16.5 Å². The highest BCUT2D eigenvalue weighted by molar-refractivity contribution is 7.80. The number of fused-ring (bicyclic) bond motifs is 1. The van der Waals surface area contributed by atoms with Gasteiger partial charge in [-0.2, -0.15) is 0 Å². The molecule has 3 N–H and O–H groups in total. The third kappa shape index (κ3) is 5.61. The van der Waals surface area contributed by atoms with Crippen molar-refractivity contribution in [3.63, 3.8) is 0 Å². The molecular formula is C17H18Cl3N3OS. The normalized spacial score (nSPS) is 12.7. The standard InChI is InChI=1S/C17H18Cl3N3OS/c1-10(2)14(24)22-15(17(18,19)20)23-16(25)21-13-9-5-7-11-6-3-4-8-12(11)13/h3-10,15H,1-2H3,(H,22,24)(H2,21,23,25)/t15-/m1/s1. The van der Waals surface area contributed by atoms with Crippen LogP contribution >= 0.6 is 47.0 Å².